The lowest BCUT2D eigenvalue weighted by atomic mass is 10.1. The average molecular weight is 264 g/mol. The Kier molecular flexibility index (Phi) is 6.26. The van der Waals surface area contributed by atoms with Crippen molar-refractivity contribution in [2.75, 3.05) is 13.6 Å². The van der Waals surface area contributed by atoms with Crippen LogP contribution in [-0.4, -0.2) is 13.6 Å². The van der Waals surface area contributed by atoms with Crippen LogP contribution in [0.15, 0.2) is 54.6 Å². The maximum absolute atomic E-state index is 5.78. The van der Waals surface area contributed by atoms with Crippen LogP contribution in [0.5, 0.6) is 11.5 Å². The topological polar surface area (TPSA) is 21.3 Å². The maximum Gasteiger partial charge on any atom is 0.127 e. The van der Waals surface area contributed by atoms with E-state index in [9.17, 15) is 0 Å². The van der Waals surface area contributed by atoms with Crippen molar-refractivity contribution >= 4 is 12.4 Å². The molecule has 2 aromatic carbocycles. The van der Waals surface area contributed by atoms with Crippen LogP contribution in [0.4, 0.5) is 0 Å². The Bertz CT molecular complexity index is 459. The molecule has 0 spiro atoms. The molecule has 0 amide bonds. The van der Waals surface area contributed by atoms with Gasteiger partial charge in [0.1, 0.15) is 11.5 Å². The first-order chi connectivity index (χ1) is 8.38. The van der Waals surface area contributed by atoms with E-state index in [1.54, 1.807) is 0 Å². The second-order valence-corrected chi connectivity index (χ2v) is 3.92. The lowest BCUT2D eigenvalue weighted by Gasteiger charge is -2.07. The number of nitrogens with one attached hydrogen (secondary N) is 1. The molecule has 0 unspecified atom stereocenters. The molecule has 0 aromatic heterocycles. The van der Waals surface area contributed by atoms with E-state index in [-0.39, 0.29) is 12.4 Å². The second kappa shape index (κ2) is 7.75. The van der Waals surface area contributed by atoms with E-state index in [1.165, 1.54) is 5.56 Å². The van der Waals surface area contributed by atoms with Gasteiger partial charge in [-0.3, -0.25) is 0 Å². The number of likely N-dealkylation sites (N-methyl/N-ethyl adjacent to an activating group) is 1. The van der Waals surface area contributed by atoms with Gasteiger partial charge in [0.2, 0.25) is 0 Å². The molecule has 0 aliphatic heterocycles. The van der Waals surface area contributed by atoms with Gasteiger partial charge in [-0.1, -0.05) is 30.3 Å². The van der Waals surface area contributed by atoms with Gasteiger partial charge in [-0.25, -0.2) is 0 Å². The molecule has 96 valence electrons. The van der Waals surface area contributed by atoms with Crippen molar-refractivity contribution in [1.29, 1.82) is 0 Å². The fourth-order valence-corrected chi connectivity index (χ4v) is 1.66. The Morgan fingerprint density at radius 1 is 0.944 bits per heavy atom. The standard InChI is InChI=1S/C15H17NO.ClH/c1-16-11-10-13-6-5-9-15(12-13)17-14-7-3-2-4-8-14;/h2-9,12,16H,10-11H2,1H3;1H. The Balaban J connectivity index is 0.00000162. The van der Waals surface area contributed by atoms with Crippen molar-refractivity contribution in [3.63, 3.8) is 0 Å². The average Bonchev–Trinajstić information content (AvgIpc) is 2.38. The molecule has 0 aliphatic rings. The minimum Gasteiger partial charge on any atom is -0.457 e. The van der Waals surface area contributed by atoms with Crippen LogP contribution in [0.2, 0.25) is 0 Å². The molecule has 18 heavy (non-hydrogen) atoms. The summed E-state index contributed by atoms with van der Waals surface area (Å²) in [4.78, 5) is 0. The fraction of sp³-hybridized carbons (Fsp3) is 0.200. The van der Waals surface area contributed by atoms with Gasteiger partial charge in [0, 0.05) is 0 Å². The zero-order valence-electron chi connectivity index (χ0n) is 10.4. The smallest absolute Gasteiger partial charge is 0.127 e. The summed E-state index contributed by atoms with van der Waals surface area (Å²) in [7, 11) is 1.96. The number of para-hydroxylation sites is 1. The Morgan fingerprint density at radius 3 is 2.39 bits per heavy atom. The largest absolute Gasteiger partial charge is 0.457 e. The molecule has 0 fully saturated rings. The van der Waals surface area contributed by atoms with E-state index in [0.717, 1.165) is 24.5 Å². The molecule has 0 saturated carbocycles. The van der Waals surface area contributed by atoms with Crippen LogP contribution >= 0.6 is 12.4 Å². The van der Waals surface area contributed by atoms with E-state index < -0.39 is 0 Å². The number of hydrogen-bond acceptors (Lipinski definition) is 2. The molecule has 0 bridgehead atoms. The highest BCUT2D eigenvalue weighted by Gasteiger charge is 1.98. The second-order valence-electron chi connectivity index (χ2n) is 3.92. The zero-order valence-corrected chi connectivity index (χ0v) is 11.2. The van der Waals surface area contributed by atoms with Crippen molar-refractivity contribution in [2.45, 2.75) is 6.42 Å². The summed E-state index contributed by atoms with van der Waals surface area (Å²) in [5, 5.41) is 3.14. The predicted molar refractivity (Wildman–Crippen MR) is 77.8 cm³/mol. The molecule has 2 rings (SSSR count). The molecule has 0 radical (unpaired) electrons. The molecule has 3 heteroatoms. The van der Waals surface area contributed by atoms with Gasteiger partial charge in [-0.2, -0.15) is 0 Å². The first-order valence-electron chi connectivity index (χ1n) is 5.85. The van der Waals surface area contributed by atoms with Crippen molar-refractivity contribution < 1.29 is 4.74 Å². The molecule has 0 aliphatic carbocycles. The molecule has 2 nitrogen and oxygen atoms in total. The number of hydrogen-bond donors (Lipinski definition) is 1. The molecular weight excluding hydrogens is 246 g/mol. The van der Waals surface area contributed by atoms with Crippen LogP contribution in [0.1, 0.15) is 5.56 Å². The summed E-state index contributed by atoms with van der Waals surface area (Å²) < 4.78 is 5.78. The van der Waals surface area contributed by atoms with Crippen molar-refractivity contribution in [1.82, 2.24) is 5.32 Å². The number of benzene rings is 2. The summed E-state index contributed by atoms with van der Waals surface area (Å²) in [6, 6.07) is 18.1. The summed E-state index contributed by atoms with van der Waals surface area (Å²) in [6.07, 6.45) is 1.02. The molecule has 0 saturated heterocycles. The van der Waals surface area contributed by atoms with E-state index in [4.69, 9.17) is 4.74 Å². The SMILES string of the molecule is CNCCc1cccc(Oc2ccccc2)c1.Cl. The van der Waals surface area contributed by atoms with Gasteiger partial charge in [-0.15, -0.1) is 12.4 Å². The van der Waals surface area contributed by atoms with Gasteiger partial charge in [0.25, 0.3) is 0 Å². The normalized spacial score (nSPS) is 9.61. The van der Waals surface area contributed by atoms with Crippen LogP contribution in [0, 0.1) is 0 Å². The predicted octanol–water partition coefficient (Wildman–Crippen LogP) is 3.66. The summed E-state index contributed by atoms with van der Waals surface area (Å²) >= 11 is 0. The van der Waals surface area contributed by atoms with Gasteiger partial charge >= 0.3 is 0 Å². The van der Waals surface area contributed by atoms with Gasteiger partial charge in [0.15, 0.2) is 0 Å². The quantitative estimate of drug-likeness (QED) is 0.889. The van der Waals surface area contributed by atoms with Crippen LogP contribution < -0.4 is 10.1 Å². The highest BCUT2D eigenvalue weighted by molar-refractivity contribution is 5.85. The van der Waals surface area contributed by atoms with Crippen molar-refractivity contribution in [3.8, 4) is 11.5 Å². The third kappa shape index (κ3) is 4.40. The summed E-state index contributed by atoms with van der Waals surface area (Å²) in [6.45, 7) is 0.981. The molecule has 0 atom stereocenters. The first-order valence-corrected chi connectivity index (χ1v) is 5.85. The monoisotopic (exact) mass is 263 g/mol. The lowest BCUT2D eigenvalue weighted by molar-refractivity contribution is 0.482. The highest BCUT2D eigenvalue weighted by atomic mass is 35.5. The molecule has 1 N–H and O–H groups in total. The Hall–Kier alpha value is -1.51. The summed E-state index contributed by atoms with van der Waals surface area (Å²) in [5.41, 5.74) is 1.28. The van der Waals surface area contributed by atoms with Gasteiger partial charge < -0.3 is 10.1 Å². The van der Waals surface area contributed by atoms with Crippen LogP contribution in [0.3, 0.4) is 0 Å². The summed E-state index contributed by atoms with van der Waals surface area (Å²) in [5.74, 6) is 1.77. The fourth-order valence-electron chi connectivity index (χ4n) is 1.66. The molecule has 2 aromatic rings. The van der Waals surface area contributed by atoms with Gasteiger partial charge in [-0.05, 0) is 49.8 Å². The number of halogens is 1. The maximum atomic E-state index is 5.78. The molecule has 0 heterocycles. The van der Waals surface area contributed by atoms with Gasteiger partial charge in [0.05, 0.1) is 0 Å². The van der Waals surface area contributed by atoms with Crippen molar-refractivity contribution in [3.05, 3.63) is 60.2 Å². The van der Waals surface area contributed by atoms with E-state index in [0.29, 0.717) is 0 Å². The van der Waals surface area contributed by atoms with E-state index in [2.05, 4.69) is 17.4 Å². The number of rotatable bonds is 5. The Labute approximate surface area is 114 Å². The number of ether oxygens (including phenoxy) is 1. The minimum atomic E-state index is 0. The Morgan fingerprint density at radius 2 is 1.67 bits per heavy atom. The zero-order chi connectivity index (χ0) is 11.9. The lowest BCUT2D eigenvalue weighted by Crippen LogP contribution is -2.10. The highest BCUT2D eigenvalue weighted by Crippen LogP contribution is 2.21. The van der Waals surface area contributed by atoms with Crippen LogP contribution in [0.25, 0.3) is 0 Å². The third-order valence-corrected chi connectivity index (χ3v) is 2.54. The van der Waals surface area contributed by atoms with Crippen molar-refractivity contribution in [2.24, 2.45) is 0 Å². The minimum absolute atomic E-state index is 0. The molecular formula is C15H18ClNO. The van der Waals surface area contributed by atoms with E-state index >= 15 is 0 Å². The first kappa shape index (κ1) is 14.6. The van der Waals surface area contributed by atoms with Crippen LogP contribution in [-0.2, 0) is 6.42 Å². The van der Waals surface area contributed by atoms with E-state index in [1.807, 2.05) is 49.5 Å². The third-order valence-electron chi connectivity index (χ3n) is 2.54.